The Morgan fingerprint density at radius 2 is 2.38 bits per heavy atom. The van der Waals surface area contributed by atoms with Gasteiger partial charge in [0.1, 0.15) is 5.75 Å². The zero-order valence-electron chi connectivity index (χ0n) is 6.61. The second-order valence-corrected chi connectivity index (χ2v) is 2.55. The third-order valence-corrected chi connectivity index (χ3v) is 1.66. The molecule has 1 aromatic carbocycles. The smallest absolute Gasteiger partial charge is 0.213 e. The van der Waals surface area contributed by atoms with Crippen molar-refractivity contribution >= 4 is 23.4 Å². The number of anilines is 1. The molecule has 1 heterocycles. The summed E-state index contributed by atoms with van der Waals surface area (Å²) in [6, 6.07) is 4.74. The third kappa shape index (κ3) is 1.31. The number of aromatic amines is 1. The zero-order chi connectivity index (χ0) is 9.26. The third-order valence-electron chi connectivity index (χ3n) is 1.66. The van der Waals surface area contributed by atoms with Gasteiger partial charge in [0, 0.05) is 6.07 Å². The number of hydrogen-bond donors (Lipinski definition) is 3. The predicted molar refractivity (Wildman–Crippen MR) is 47.4 cm³/mol. The van der Waals surface area contributed by atoms with E-state index in [2.05, 4.69) is 15.3 Å². The quantitative estimate of drug-likeness (QED) is 0.594. The number of aromatic hydroxyl groups is 1. The van der Waals surface area contributed by atoms with Crippen molar-refractivity contribution in [2.75, 3.05) is 5.32 Å². The summed E-state index contributed by atoms with van der Waals surface area (Å²) in [6.07, 6.45) is 0.539. The highest BCUT2D eigenvalue weighted by atomic mass is 16.3. The van der Waals surface area contributed by atoms with Crippen LogP contribution in [0.1, 0.15) is 0 Å². The van der Waals surface area contributed by atoms with Crippen LogP contribution in [0.15, 0.2) is 18.2 Å². The molecule has 0 saturated heterocycles. The lowest BCUT2D eigenvalue weighted by Crippen LogP contribution is -1.94. The van der Waals surface area contributed by atoms with E-state index in [9.17, 15) is 4.79 Å². The summed E-state index contributed by atoms with van der Waals surface area (Å²) in [6.45, 7) is 0. The molecule has 2 aromatic rings. The fourth-order valence-electron chi connectivity index (χ4n) is 1.12. The molecule has 3 N–H and O–H groups in total. The molecule has 0 bridgehead atoms. The van der Waals surface area contributed by atoms with E-state index in [1.807, 2.05) is 0 Å². The van der Waals surface area contributed by atoms with Crippen molar-refractivity contribution in [1.29, 1.82) is 0 Å². The van der Waals surface area contributed by atoms with E-state index in [1.54, 1.807) is 6.07 Å². The van der Waals surface area contributed by atoms with Crippen molar-refractivity contribution < 1.29 is 9.90 Å². The molecule has 0 unspecified atom stereocenters. The van der Waals surface area contributed by atoms with E-state index in [0.717, 1.165) is 0 Å². The fraction of sp³-hybridized carbons (Fsp3) is 0. The standard InChI is InChI=1S/C8H7N3O2/c12-4-9-8-10-6-2-1-5(13)3-7(6)11-8/h1-4,13H,(H2,9,10,11,12). The summed E-state index contributed by atoms with van der Waals surface area (Å²) in [7, 11) is 0. The van der Waals surface area contributed by atoms with Crippen LogP contribution < -0.4 is 5.32 Å². The Bertz CT molecular complexity index is 450. The maximum absolute atomic E-state index is 10.1. The molecule has 0 atom stereocenters. The molecule has 0 aliphatic rings. The van der Waals surface area contributed by atoms with Gasteiger partial charge in [-0.05, 0) is 12.1 Å². The minimum atomic E-state index is 0.161. The summed E-state index contributed by atoms with van der Waals surface area (Å²) in [5, 5.41) is 11.5. The fourth-order valence-corrected chi connectivity index (χ4v) is 1.12. The van der Waals surface area contributed by atoms with Crippen LogP contribution in [0.5, 0.6) is 5.75 Å². The van der Waals surface area contributed by atoms with Crippen molar-refractivity contribution in [3.63, 3.8) is 0 Å². The first kappa shape index (κ1) is 7.60. The number of benzene rings is 1. The van der Waals surface area contributed by atoms with Gasteiger partial charge in [0.2, 0.25) is 12.4 Å². The minimum absolute atomic E-state index is 0.161. The number of fused-ring (bicyclic) bond motifs is 1. The molecule has 66 valence electrons. The molecule has 0 saturated carbocycles. The number of imidazole rings is 1. The Morgan fingerprint density at radius 3 is 3.15 bits per heavy atom. The summed E-state index contributed by atoms with van der Waals surface area (Å²) >= 11 is 0. The molecule has 1 aromatic heterocycles. The van der Waals surface area contributed by atoms with Crippen molar-refractivity contribution in [3.05, 3.63) is 18.2 Å². The van der Waals surface area contributed by atoms with Crippen LogP contribution >= 0.6 is 0 Å². The first-order valence-electron chi connectivity index (χ1n) is 3.68. The monoisotopic (exact) mass is 177 g/mol. The number of hydrogen-bond acceptors (Lipinski definition) is 3. The molecule has 0 spiro atoms. The van der Waals surface area contributed by atoms with Crippen molar-refractivity contribution in [3.8, 4) is 5.75 Å². The minimum Gasteiger partial charge on any atom is -0.508 e. The molecule has 2 rings (SSSR count). The van der Waals surface area contributed by atoms with Crippen molar-refractivity contribution in [2.24, 2.45) is 0 Å². The maximum Gasteiger partial charge on any atom is 0.213 e. The first-order chi connectivity index (χ1) is 6.29. The lowest BCUT2D eigenvalue weighted by Gasteiger charge is -1.88. The average Bonchev–Trinajstić information content (AvgIpc) is 2.46. The lowest BCUT2D eigenvalue weighted by atomic mass is 10.3. The van der Waals surface area contributed by atoms with Crippen LogP contribution in [0, 0.1) is 0 Å². The number of aromatic nitrogens is 2. The van der Waals surface area contributed by atoms with Crippen LogP contribution in [-0.2, 0) is 4.79 Å². The van der Waals surface area contributed by atoms with E-state index in [0.29, 0.717) is 23.4 Å². The molecule has 5 nitrogen and oxygen atoms in total. The van der Waals surface area contributed by atoms with Crippen molar-refractivity contribution in [1.82, 2.24) is 9.97 Å². The Balaban J connectivity index is 2.55. The second kappa shape index (κ2) is 2.78. The van der Waals surface area contributed by atoms with E-state index >= 15 is 0 Å². The second-order valence-electron chi connectivity index (χ2n) is 2.55. The Morgan fingerprint density at radius 1 is 1.54 bits per heavy atom. The van der Waals surface area contributed by atoms with E-state index in [-0.39, 0.29) is 5.75 Å². The normalized spacial score (nSPS) is 10.2. The molecule has 0 fully saturated rings. The number of carbonyl (C=O) groups is 1. The number of nitrogens with one attached hydrogen (secondary N) is 2. The summed E-state index contributed by atoms with van der Waals surface area (Å²) in [5.74, 6) is 0.532. The van der Waals surface area contributed by atoms with Gasteiger partial charge >= 0.3 is 0 Å². The number of phenolic OH excluding ortho intramolecular Hbond substituents is 1. The SMILES string of the molecule is O=CNc1nc2ccc(O)cc2[nH]1. The highest BCUT2D eigenvalue weighted by molar-refractivity contribution is 5.81. The lowest BCUT2D eigenvalue weighted by molar-refractivity contribution is -0.105. The average molecular weight is 177 g/mol. The van der Waals surface area contributed by atoms with Gasteiger partial charge in [-0.15, -0.1) is 0 Å². The molecule has 0 aliphatic carbocycles. The number of rotatable bonds is 2. The number of amides is 1. The van der Waals surface area contributed by atoms with Gasteiger partial charge in [-0.2, -0.15) is 0 Å². The molecule has 0 aliphatic heterocycles. The van der Waals surface area contributed by atoms with Crippen LogP contribution in [0.25, 0.3) is 11.0 Å². The predicted octanol–water partition coefficient (Wildman–Crippen LogP) is 0.837. The van der Waals surface area contributed by atoms with Gasteiger partial charge in [-0.1, -0.05) is 0 Å². The van der Waals surface area contributed by atoms with Gasteiger partial charge in [-0.25, -0.2) is 4.98 Å². The highest BCUT2D eigenvalue weighted by Crippen LogP contribution is 2.18. The summed E-state index contributed by atoms with van der Waals surface area (Å²) < 4.78 is 0. The Labute approximate surface area is 73.4 Å². The summed E-state index contributed by atoms with van der Waals surface area (Å²) in [5.41, 5.74) is 1.38. The van der Waals surface area contributed by atoms with Crippen LogP contribution in [0.4, 0.5) is 5.95 Å². The molecule has 0 radical (unpaired) electrons. The highest BCUT2D eigenvalue weighted by Gasteiger charge is 2.01. The van der Waals surface area contributed by atoms with E-state index < -0.39 is 0 Å². The topological polar surface area (TPSA) is 78.0 Å². The van der Waals surface area contributed by atoms with Gasteiger partial charge in [0.05, 0.1) is 11.0 Å². The molecule has 13 heavy (non-hydrogen) atoms. The number of H-pyrrole nitrogens is 1. The number of phenols is 1. The largest absolute Gasteiger partial charge is 0.508 e. The van der Waals surface area contributed by atoms with Gasteiger partial charge in [-0.3, -0.25) is 10.1 Å². The van der Waals surface area contributed by atoms with Crippen molar-refractivity contribution in [2.45, 2.75) is 0 Å². The van der Waals surface area contributed by atoms with Crippen LogP contribution in [0.2, 0.25) is 0 Å². The maximum atomic E-state index is 10.1. The zero-order valence-corrected chi connectivity index (χ0v) is 6.61. The van der Waals surface area contributed by atoms with Gasteiger partial charge in [0.15, 0.2) is 0 Å². The molecule has 5 heteroatoms. The molecule has 1 amide bonds. The molecular formula is C8H7N3O2. The van der Waals surface area contributed by atoms with Gasteiger partial charge in [0.25, 0.3) is 0 Å². The number of carbonyl (C=O) groups excluding carboxylic acids is 1. The molecular weight excluding hydrogens is 170 g/mol. The van der Waals surface area contributed by atoms with Gasteiger partial charge < -0.3 is 10.1 Å². The number of nitrogens with zero attached hydrogens (tertiary/aromatic N) is 1. The van der Waals surface area contributed by atoms with E-state index in [1.165, 1.54) is 12.1 Å². The summed E-state index contributed by atoms with van der Waals surface area (Å²) in [4.78, 5) is 17.0. The Kier molecular flexibility index (Phi) is 1.63. The van der Waals surface area contributed by atoms with Crippen LogP contribution in [-0.4, -0.2) is 21.5 Å². The van der Waals surface area contributed by atoms with Crippen LogP contribution in [0.3, 0.4) is 0 Å². The first-order valence-corrected chi connectivity index (χ1v) is 3.68. The van der Waals surface area contributed by atoms with E-state index in [4.69, 9.17) is 5.11 Å². The Hall–Kier alpha value is -2.04.